The van der Waals surface area contributed by atoms with E-state index in [9.17, 15) is 0 Å². The molecule has 0 aromatic carbocycles. The van der Waals surface area contributed by atoms with E-state index in [4.69, 9.17) is 11.6 Å². The van der Waals surface area contributed by atoms with Crippen LogP contribution in [0.5, 0.6) is 0 Å². The number of halogens is 1. The van der Waals surface area contributed by atoms with Gasteiger partial charge in [0.15, 0.2) is 0 Å². The van der Waals surface area contributed by atoms with Crippen LogP contribution in [0.2, 0.25) is 5.02 Å². The van der Waals surface area contributed by atoms with Gasteiger partial charge >= 0.3 is 0 Å². The van der Waals surface area contributed by atoms with Crippen LogP contribution in [0.25, 0.3) is 0 Å². The number of nitrogens with one attached hydrogen (secondary N) is 1. The minimum Gasteiger partial charge on any atom is -0.357 e. The maximum atomic E-state index is 5.99. The van der Waals surface area contributed by atoms with Gasteiger partial charge in [-0.1, -0.05) is 25.4 Å². The molecule has 0 saturated heterocycles. The number of nitrogens with zero attached hydrogens (tertiary/aromatic N) is 2. The maximum Gasteiger partial charge on any atom is 0.223 e. The van der Waals surface area contributed by atoms with E-state index >= 15 is 0 Å². The second-order valence-electron chi connectivity index (χ2n) is 3.63. The van der Waals surface area contributed by atoms with Crippen molar-refractivity contribution in [3.8, 4) is 0 Å². The SMILES string of the molecule is CNc1ncc(Cl)c(SCCC(C)C)n1. The molecule has 0 aliphatic carbocycles. The molecule has 0 bridgehead atoms. The number of thioether (sulfide) groups is 1. The normalized spacial score (nSPS) is 10.7. The van der Waals surface area contributed by atoms with E-state index in [1.54, 1.807) is 25.0 Å². The molecule has 0 fully saturated rings. The molecule has 1 aromatic heterocycles. The highest BCUT2D eigenvalue weighted by molar-refractivity contribution is 7.99. The van der Waals surface area contributed by atoms with Crippen LogP contribution < -0.4 is 5.32 Å². The van der Waals surface area contributed by atoms with E-state index in [0.717, 1.165) is 10.8 Å². The van der Waals surface area contributed by atoms with Crippen molar-refractivity contribution in [1.82, 2.24) is 9.97 Å². The van der Waals surface area contributed by atoms with Gasteiger partial charge in [0.2, 0.25) is 5.95 Å². The number of anilines is 1. The Kier molecular flexibility index (Phi) is 5.19. The number of aromatic nitrogens is 2. The van der Waals surface area contributed by atoms with Gasteiger partial charge in [-0.2, -0.15) is 0 Å². The Morgan fingerprint density at radius 3 is 2.87 bits per heavy atom. The highest BCUT2D eigenvalue weighted by atomic mass is 35.5. The van der Waals surface area contributed by atoms with Gasteiger partial charge in [-0.05, 0) is 18.1 Å². The molecule has 1 aromatic rings. The van der Waals surface area contributed by atoms with Crippen LogP contribution in [0.15, 0.2) is 11.2 Å². The predicted octanol–water partition coefficient (Wildman–Crippen LogP) is 3.31. The van der Waals surface area contributed by atoms with Gasteiger partial charge < -0.3 is 5.32 Å². The summed E-state index contributed by atoms with van der Waals surface area (Å²) in [6, 6.07) is 0. The largest absolute Gasteiger partial charge is 0.357 e. The van der Waals surface area contributed by atoms with E-state index in [2.05, 4.69) is 29.1 Å². The Balaban J connectivity index is 2.59. The summed E-state index contributed by atoms with van der Waals surface area (Å²) >= 11 is 7.68. The summed E-state index contributed by atoms with van der Waals surface area (Å²) in [6.07, 6.45) is 2.80. The van der Waals surface area contributed by atoms with Crippen LogP contribution in [0.3, 0.4) is 0 Å². The minimum atomic E-state index is 0.617. The zero-order valence-electron chi connectivity index (χ0n) is 9.25. The lowest BCUT2D eigenvalue weighted by atomic mass is 10.2. The van der Waals surface area contributed by atoms with Crippen molar-refractivity contribution in [1.29, 1.82) is 0 Å². The predicted molar refractivity (Wildman–Crippen MR) is 66.8 cm³/mol. The Morgan fingerprint density at radius 1 is 1.53 bits per heavy atom. The summed E-state index contributed by atoms with van der Waals surface area (Å²) in [4.78, 5) is 8.33. The summed E-state index contributed by atoms with van der Waals surface area (Å²) in [6.45, 7) is 4.42. The van der Waals surface area contributed by atoms with Gasteiger partial charge in [-0.3, -0.25) is 0 Å². The standard InChI is InChI=1S/C10H16ClN3S/c1-7(2)4-5-15-9-8(11)6-13-10(12-3)14-9/h6-7H,4-5H2,1-3H3,(H,12,13,14). The average Bonchev–Trinajstić information content (AvgIpc) is 2.20. The molecule has 0 unspecified atom stereocenters. The fourth-order valence-electron chi connectivity index (χ4n) is 0.964. The lowest BCUT2D eigenvalue weighted by molar-refractivity contribution is 0.632. The third kappa shape index (κ3) is 4.26. The second-order valence-corrected chi connectivity index (χ2v) is 5.12. The van der Waals surface area contributed by atoms with Crippen LogP contribution in [-0.4, -0.2) is 22.8 Å². The van der Waals surface area contributed by atoms with Crippen LogP contribution in [0.4, 0.5) is 5.95 Å². The van der Waals surface area contributed by atoms with Crippen LogP contribution in [0, 0.1) is 5.92 Å². The summed E-state index contributed by atoms with van der Waals surface area (Å²) < 4.78 is 0. The van der Waals surface area contributed by atoms with Gasteiger partial charge in [0.05, 0.1) is 11.2 Å². The molecule has 0 aliphatic heterocycles. The van der Waals surface area contributed by atoms with Gasteiger partial charge in [-0.15, -0.1) is 11.8 Å². The third-order valence-corrected chi connectivity index (χ3v) is 3.28. The Morgan fingerprint density at radius 2 is 2.27 bits per heavy atom. The summed E-state index contributed by atoms with van der Waals surface area (Å²) in [7, 11) is 1.80. The van der Waals surface area contributed by atoms with E-state index in [1.807, 2.05) is 0 Å². The number of hydrogen-bond donors (Lipinski definition) is 1. The maximum absolute atomic E-state index is 5.99. The number of rotatable bonds is 5. The summed E-state index contributed by atoms with van der Waals surface area (Å²) in [5.74, 6) is 2.37. The smallest absolute Gasteiger partial charge is 0.223 e. The molecule has 3 nitrogen and oxygen atoms in total. The Bertz CT molecular complexity index is 318. The van der Waals surface area contributed by atoms with E-state index in [0.29, 0.717) is 16.9 Å². The molecule has 0 radical (unpaired) electrons. The molecule has 0 amide bonds. The lowest BCUT2D eigenvalue weighted by Crippen LogP contribution is -1.98. The first kappa shape index (κ1) is 12.6. The monoisotopic (exact) mass is 245 g/mol. The molecule has 15 heavy (non-hydrogen) atoms. The summed E-state index contributed by atoms with van der Waals surface area (Å²) in [5.41, 5.74) is 0. The molecule has 5 heteroatoms. The Labute approximate surface area is 100 Å². The van der Waals surface area contributed by atoms with E-state index < -0.39 is 0 Å². The van der Waals surface area contributed by atoms with Crippen LogP contribution in [-0.2, 0) is 0 Å². The van der Waals surface area contributed by atoms with Crippen molar-refractivity contribution in [2.45, 2.75) is 25.3 Å². The van der Waals surface area contributed by atoms with Crippen molar-refractivity contribution in [2.75, 3.05) is 18.1 Å². The van der Waals surface area contributed by atoms with Crippen molar-refractivity contribution in [3.63, 3.8) is 0 Å². The Hall–Kier alpha value is -0.480. The molecule has 0 saturated carbocycles. The molecular formula is C10H16ClN3S. The second kappa shape index (κ2) is 6.18. The molecule has 1 heterocycles. The zero-order chi connectivity index (χ0) is 11.3. The fourth-order valence-corrected chi connectivity index (χ4v) is 2.34. The van der Waals surface area contributed by atoms with Crippen molar-refractivity contribution in [2.24, 2.45) is 5.92 Å². The minimum absolute atomic E-state index is 0.617. The first-order chi connectivity index (χ1) is 7.13. The highest BCUT2D eigenvalue weighted by Gasteiger charge is 2.05. The first-order valence-corrected chi connectivity index (χ1v) is 6.33. The molecular weight excluding hydrogens is 230 g/mol. The molecule has 0 spiro atoms. The van der Waals surface area contributed by atoms with E-state index in [-0.39, 0.29) is 0 Å². The van der Waals surface area contributed by atoms with Crippen molar-refractivity contribution < 1.29 is 0 Å². The van der Waals surface area contributed by atoms with Crippen molar-refractivity contribution >= 4 is 29.3 Å². The van der Waals surface area contributed by atoms with Gasteiger partial charge in [-0.25, -0.2) is 9.97 Å². The quantitative estimate of drug-likeness (QED) is 0.638. The lowest BCUT2D eigenvalue weighted by Gasteiger charge is -2.06. The van der Waals surface area contributed by atoms with Gasteiger partial charge in [0, 0.05) is 7.05 Å². The molecule has 0 atom stereocenters. The molecule has 0 aliphatic rings. The topological polar surface area (TPSA) is 37.8 Å². The van der Waals surface area contributed by atoms with Crippen LogP contribution >= 0.6 is 23.4 Å². The average molecular weight is 246 g/mol. The molecule has 1 rings (SSSR count). The van der Waals surface area contributed by atoms with Gasteiger partial charge in [0.1, 0.15) is 5.03 Å². The summed E-state index contributed by atoms with van der Waals surface area (Å²) in [5, 5.41) is 4.39. The molecule has 1 N–H and O–H groups in total. The third-order valence-electron chi connectivity index (χ3n) is 1.87. The fraction of sp³-hybridized carbons (Fsp3) is 0.600. The number of hydrogen-bond acceptors (Lipinski definition) is 4. The van der Waals surface area contributed by atoms with E-state index in [1.165, 1.54) is 6.42 Å². The highest BCUT2D eigenvalue weighted by Crippen LogP contribution is 2.26. The molecule has 84 valence electrons. The van der Waals surface area contributed by atoms with Gasteiger partial charge in [0.25, 0.3) is 0 Å². The first-order valence-electron chi connectivity index (χ1n) is 4.96. The van der Waals surface area contributed by atoms with Crippen LogP contribution in [0.1, 0.15) is 20.3 Å². The zero-order valence-corrected chi connectivity index (χ0v) is 10.8. The van der Waals surface area contributed by atoms with Crippen molar-refractivity contribution in [3.05, 3.63) is 11.2 Å².